The second kappa shape index (κ2) is 8.40. The van der Waals surface area contributed by atoms with Crippen LogP contribution in [0.3, 0.4) is 0 Å². The number of hydrogen-bond donors (Lipinski definition) is 9. The molecule has 2 atom stereocenters. The smallest absolute Gasteiger partial charge is 0.348 e. The molecule has 1 amide bonds. The lowest BCUT2D eigenvalue weighted by atomic mass is 9.80. The van der Waals surface area contributed by atoms with Crippen LogP contribution in [0.15, 0.2) is 15.9 Å². The Balaban J connectivity index is 2.71. The van der Waals surface area contributed by atoms with Crippen molar-refractivity contribution in [2.75, 3.05) is 11.9 Å². The maximum atomic E-state index is 12.4. The van der Waals surface area contributed by atoms with Crippen molar-refractivity contribution in [3.63, 3.8) is 0 Å². The molecule has 9 N–H and O–H groups in total. The predicted molar refractivity (Wildman–Crippen MR) is 106 cm³/mol. The minimum absolute atomic E-state index is 0.0243. The van der Waals surface area contributed by atoms with E-state index in [4.69, 9.17) is 5.26 Å². The van der Waals surface area contributed by atoms with Gasteiger partial charge in [-0.1, -0.05) is 13.8 Å². The van der Waals surface area contributed by atoms with Crippen LogP contribution in [-0.4, -0.2) is 104 Å². The molecule has 16 nitrogen and oxygen atoms in total. The number of aromatic nitrogens is 2. The van der Waals surface area contributed by atoms with Crippen molar-refractivity contribution in [3.05, 3.63) is 16.6 Å². The lowest BCUT2D eigenvalue weighted by Crippen LogP contribution is -2.86. The Bertz CT molecular complexity index is 1040. The summed E-state index contributed by atoms with van der Waals surface area (Å²) in [6, 6.07) is -0.278. The van der Waals surface area contributed by atoms with Crippen molar-refractivity contribution in [2.45, 2.75) is 49.7 Å². The van der Waals surface area contributed by atoms with Crippen LogP contribution >= 0.6 is 0 Å². The third-order valence-corrected chi connectivity index (χ3v) is 5.21. The van der Waals surface area contributed by atoms with Gasteiger partial charge in [0.1, 0.15) is 23.7 Å². The number of nitrogens with one attached hydrogen (secondary N) is 1. The zero-order valence-electron chi connectivity index (χ0n) is 17.6. The number of rotatable bonds is 5. The van der Waals surface area contributed by atoms with E-state index in [9.17, 15) is 50.4 Å². The maximum Gasteiger partial charge on any atom is 0.348 e. The number of aromatic amines is 1. The van der Waals surface area contributed by atoms with Crippen LogP contribution < -0.4 is 10.6 Å². The molecule has 1 fully saturated rings. The molecule has 0 radical (unpaired) electrons. The number of likely N-dealkylation sites (tertiary alicyclic amines) is 1. The molecule has 1 aliphatic rings. The molecule has 0 aromatic carbocycles. The fourth-order valence-electron chi connectivity index (χ4n) is 3.49. The van der Waals surface area contributed by atoms with Gasteiger partial charge in [0, 0.05) is 25.2 Å². The number of nitriles is 1. The van der Waals surface area contributed by atoms with Gasteiger partial charge in [-0.15, -0.1) is 0 Å². The average molecular weight is 472 g/mol. The Morgan fingerprint density at radius 1 is 1.36 bits per heavy atom. The Morgan fingerprint density at radius 2 is 1.94 bits per heavy atom. The zero-order chi connectivity index (χ0) is 25.6. The zero-order valence-corrected chi connectivity index (χ0v) is 17.6. The van der Waals surface area contributed by atoms with E-state index in [0.717, 1.165) is 24.9 Å². The number of amides is 1. The van der Waals surface area contributed by atoms with Gasteiger partial charge in [-0.25, -0.2) is 14.7 Å². The van der Waals surface area contributed by atoms with E-state index in [-0.39, 0.29) is 11.6 Å². The molecule has 1 aromatic heterocycles. The highest BCUT2D eigenvalue weighted by Crippen LogP contribution is 2.45. The molecular formula is C17H24N6O10. The van der Waals surface area contributed by atoms with Crippen LogP contribution in [0, 0.1) is 17.2 Å². The van der Waals surface area contributed by atoms with E-state index in [1.165, 1.54) is 6.21 Å². The van der Waals surface area contributed by atoms with Gasteiger partial charge >= 0.3 is 23.3 Å². The highest BCUT2D eigenvalue weighted by Gasteiger charge is 2.74. The largest absolute Gasteiger partial charge is 0.360 e. The van der Waals surface area contributed by atoms with Gasteiger partial charge in [0.05, 0.1) is 0 Å². The van der Waals surface area contributed by atoms with E-state index in [1.54, 1.807) is 6.92 Å². The molecule has 2 heterocycles. The predicted octanol–water partition coefficient (Wildman–Crippen LogP) is -4.67. The van der Waals surface area contributed by atoms with Crippen molar-refractivity contribution in [1.29, 1.82) is 5.26 Å². The Labute approximate surface area is 185 Å². The molecule has 1 aliphatic heterocycles. The monoisotopic (exact) mass is 472 g/mol. The van der Waals surface area contributed by atoms with Crippen molar-refractivity contribution in [3.8, 4) is 6.07 Å². The van der Waals surface area contributed by atoms with Crippen molar-refractivity contribution >= 4 is 23.8 Å². The molecule has 33 heavy (non-hydrogen) atoms. The Morgan fingerprint density at radius 3 is 2.45 bits per heavy atom. The van der Waals surface area contributed by atoms with Crippen molar-refractivity contribution < 1.29 is 45.6 Å². The van der Waals surface area contributed by atoms with Gasteiger partial charge in [-0.05, 0) is 6.42 Å². The number of hydrogen-bond acceptors (Lipinski definition) is 14. The molecule has 0 aliphatic carbocycles. The molecule has 16 heteroatoms. The number of aliphatic hydroxyl groups is 8. The average Bonchev–Trinajstić information content (AvgIpc) is 2.70. The number of carbonyl (C=O) groups excluding carboxylic acids is 1. The van der Waals surface area contributed by atoms with E-state index >= 15 is 0 Å². The van der Waals surface area contributed by atoms with Crippen LogP contribution in [0.1, 0.15) is 20.3 Å². The van der Waals surface area contributed by atoms with Gasteiger partial charge in [-0.3, -0.25) is 9.78 Å². The first kappa shape index (κ1) is 26.2. The minimum atomic E-state index is -4.24. The minimum Gasteiger partial charge on any atom is -0.360 e. The van der Waals surface area contributed by atoms with E-state index in [0.29, 0.717) is 12.5 Å². The van der Waals surface area contributed by atoms with Crippen LogP contribution in [0.25, 0.3) is 0 Å². The Kier molecular flexibility index (Phi) is 6.68. The maximum absolute atomic E-state index is 12.4. The van der Waals surface area contributed by atoms with Crippen LogP contribution in [0.2, 0.25) is 0 Å². The van der Waals surface area contributed by atoms with Gasteiger partial charge < -0.3 is 45.8 Å². The molecule has 182 valence electrons. The molecule has 0 saturated carbocycles. The van der Waals surface area contributed by atoms with Crippen LogP contribution in [0.5, 0.6) is 0 Å². The molecule has 0 bridgehead atoms. The first-order valence-corrected chi connectivity index (χ1v) is 9.38. The summed E-state index contributed by atoms with van der Waals surface area (Å²) in [7, 11) is 1.08. The SMILES string of the molecule is CCC=Nc1cc(N(C)C2C(C)C(O)(O)C(O)(O)N(C(=O)C(O)(O)C#N)C2(O)O)nc(=O)[nH]1. The van der Waals surface area contributed by atoms with E-state index in [2.05, 4.69) is 15.0 Å². The van der Waals surface area contributed by atoms with Crippen molar-refractivity contribution in [1.82, 2.24) is 14.9 Å². The fraction of sp³-hybridized carbons (Fsp3) is 0.588. The number of aliphatic imine (C=N–C) groups is 1. The Hall–Kier alpha value is -3.01. The summed E-state index contributed by atoms with van der Waals surface area (Å²) in [6.45, 7) is 2.68. The fourth-order valence-corrected chi connectivity index (χ4v) is 3.49. The summed E-state index contributed by atoms with van der Waals surface area (Å²) in [6.07, 6.45) is 1.93. The molecule has 2 rings (SSSR count). The van der Waals surface area contributed by atoms with Crippen LogP contribution in [-0.2, 0) is 4.79 Å². The summed E-state index contributed by atoms with van der Waals surface area (Å²) in [5.74, 6) is -20.5. The van der Waals surface area contributed by atoms with Gasteiger partial charge in [0.25, 0.3) is 5.91 Å². The summed E-state index contributed by atoms with van der Waals surface area (Å²) >= 11 is 0. The molecule has 2 unspecified atom stereocenters. The summed E-state index contributed by atoms with van der Waals surface area (Å²) < 4.78 is 0. The van der Waals surface area contributed by atoms with E-state index in [1.807, 2.05) is 0 Å². The molecule has 1 saturated heterocycles. The number of piperidine rings is 1. The van der Waals surface area contributed by atoms with Gasteiger partial charge in [0.15, 0.2) is 0 Å². The van der Waals surface area contributed by atoms with E-state index < -0.39 is 51.9 Å². The normalized spacial score (nSPS) is 23.9. The molecular weight excluding hydrogens is 448 g/mol. The third-order valence-electron chi connectivity index (χ3n) is 5.21. The molecule has 1 aromatic rings. The van der Waals surface area contributed by atoms with Crippen molar-refractivity contribution in [2.24, 2.45) is 10.9 Å². The lowest BCUT2D eigenvalue weighted by Gasteiger charge is -2.59. The number of nitrogens with zero attached hydrogens (tertiary/aromatic N) is 5. The lowest BCUT2D eigenvalue weighted by molar-refractivity contribution is -0.497. The highest BCUT2D eigenvalue weighted by atomic mass is 16.6. The first-order chi connectivity index (χ1) is 15.0. The quantitative estimate of drug-likeness (QED) is 0.111. The number of H-pyrrole nitrogens is 1. The summed E-state index contributed by atoms with van der Waals surface area (Å²) in [5.41, 5.74) is -0.937. The first-order valence-electron chi connectivity index (χ1n) is 9.38. The van der Waals surface area contributed by atoms with Gasteiger partial charge in [0.2, 0.25) is 5.79 Å². The number of likely N-dealkylation sites (N-methyl/N-ethyl adjacent to an activating group) is 1. The second-order valence-electron chi connectivity index (χ2n) is 7.47. The summed E-state index contributed by atoms with van der Waals surface area (Å²) in [4.78, 5) is 34.1. The van der Waals surface area contributed by atoms with Gasteiger partial charge in [-0.2, -0.15) is 10.2 Å². The number of anilines is 1. The third kappa shape index (κ3) is 4.19. The molecule has 0 spiro atoms. The number of carbonyl (C=O) groups is 1. The van der Waals surface area contributed by atoms with Crippen LogP contribution in [0.4, 0.5) is 11.6 Å². The summed E-state index contributed by atoms with van der Waals surface area (Å²) in [5, 5.41) is 90.8. The standard InChI is InChI=1S/C17H24N6O10/c1-4-5-19-9-6-10(21-13(25)20-9)22(3)11-8(2)15(28,29)17(32,33)23(16(11,30)31)12(24)14(26,27)7-18/h5-6,8,11,26-33H,4H2,1-3H3,(H,20,21,25). The topological polar surface area (TPSA) is 267 Å². The highest BCUT2D eigenvalue weighted by molar-refractivity contribution is 5.87. The second-order valence-corrected chi connectivity index (χ2v) is 7.47.